The van der Waals surface area contributed by atoms with Crippen LogP contribution in [0.2, 0.25) is 0 Å². The Kier molecular flexibility index (Phi) is 34.9. The summed E-state index contributed by atoms with van der Waals surface area (Å²) in [5.41, 5.74) is 33.9. The van der Waals surface area contributed by atoms with Crippen LogP contribution < -0.4 is 10.2 Å². The van der Waals surface area contributed by atoms with E-state index >= 15 is 0 Å². The molecule has 96 heavy (non-hydrogen) atoms. The maximum atomic E-state index is 11.1. The van der Waals surface area contributed by atoms with Crippen molar-refractivity contribution in [3.63, 3.8) is 0 Å². The summed E-state index contributed by atoms with van der Waals surface area (Å²) in [6, 6.07) is -0.319. The number of carboxylic acid groups (broad SMARTS) is 4. The molecule has 560 valence electrons. The molecule has 0 aliphatic heterocycles. The van der Waals surface area contributed by atoms with Crippen LogP contribution in [0.15, 0.2) is 23.3 Å². The average Bonchev–Trinajstić information content (AvgIpc) is 1.36. The number of nitrogens with one attached hydrogen (secondary N) is 4. The molecule has 8 saturated carbocycles. The third kappa shape index (κ3) is 22.7. The number of allylic oxidation sites excluding steroid dienone is 2. The molecule has 0 aromatic heterocycles. The first kappa shape index (κ1) is 85.1. The minimum Gasteiger partial charge on any atom is -0.676 e. The zero-order chi connectivity index (χ0) is 68.7. The van der Waals surface area contributed by atoms with E-state index in [2.05, 4.69) is 81.4 Å². The summed E-state index contributed by atoms with van der Waals surface area (Å²) in [5.74, 6) is 5.39. The van der Waals surface area contributed by atoms with Crippen molar-refractivity contribution in [2.75, 3.05) is 52.5 Å². The van der Waals surface area contributed by atoms with Crippen LogP contribution in [-0.4, -0.2) is 133 Å². The van der Waals surface area contributed by atoms with Gasteiger partial charge in [0.1, 0.15) is 0 Å². The molecule has 0 bridgehead atoms. The van der Waals surface area contributed by atoms with Gasteiger partial charge in [-0.3, -0.25) is 19.4 Å². The van der Waals surface area contributed by atoms with Crippen molar-refractivity contribution in [3.05, 3.63) is 46.2 Å². The SMILES string of the molecule is CC(C)CCCC(C)C1CCC2C3CC=C4CC(OCCN(CC(=O)[O-])CC(=O)O)CCC4(C)C3CCC12C.CC(C)CCC[C@@H](C)[C@H]1CCC2C3CC=C4C[C@@H](OCCN(CC(=O)[O-])CC(=O)O)CC[C@]4(C)C3CC[C@@]21C.[NH-]C1CCCCC1[NH-].[NH-][C@@H]1CCCC[C@H]1[NH-].[Pt].[Pt]. The number of carboxylic acids is 4. The number of rotatable bonds is 26. The van der Waals surface area contributed by atoms with Crippen molar-refractivity contribution in [1.82, 2.24) is 9.80 Å². The maximum Gasteiger partial charge on any atom is 0.317 e. The van der Waals surface area contributed by atoms with Gasteiger partial charge in [0.25, 0.3) is 0 Å². The molecule has 8 fully saturated rings. The van der Waals surface area contributed by atoms with Crippen LogP contribution in [0.4, 0.5) is 0 Å². The number of hydrogen-bond acceptors (Lipinski definition) is 10. The van der Waals surface area contributed by atoms with E-state index in [1.54, 1.807) is 11.1 Å². The van der Waals surface area contributed by atoms with Crippen LogP contribution in [0.3, 0.4) is 0 Å². The van der Waals surface area contributed by atoms with Crippen LogP contribution >= 0.6 is 0 Å². The second-order valence-corrected chi connectivity index (χ2v) is 34.0. The van der Waals surface area contributed by atoms with E-state index in [1.165, 1.54) is 138 Å². The molecule has 10 aliphatic rings. The van der Waals surface area contributed by atoms with Gasteiger partial charge < -0.3 is 62.4 Å². The van der Waals surface area contributed by atoms with Crippen molar-refractivity contribution in [2.45, 2.75) is 298 Å². The Morgan fingerprint density at radius 1 is 0.490 bits per heavy atom. The molecule has 18 heteroatoms. The van der Waals surface area contributed by atoms with Crippen molar-refractivity contribution < 1.29 is 91.2 Å². The first-order chi connectivity index (χ1) is 44.5. The van der Waals surface area contributed by atoms with Gasteiger partial charge in [-0.2, -0.15) is 24.2 Å². The van der Waals surface area contributed by atoms with Gasteiger partial charge in [-0.25, -0.2) is 0 Å². The van der Waals surface area contributed by atoms with E-state index in [0.717, 1.165) is 135 Å². The largest absolute Gasteiger partial charge is 0.676 e. The van der Waals surface area contributed by atoms with Gasteiger partial charge in [-0.15, -0.1) is 0 Å². The predicted octanol–water partition coefficient (Wildman–Crippen LogP) is 15.9. The summed E-state index contributed by atoms with van der Waals surface area (Å²) in [5, 5.41) is 40.1. The zero-order valence-corrected chi connectivity index (χ0v) is 65.6. The monoisotopic (exact) mass is 1700 g/mol. The first-order valence-corrected chi connectivity index (χ1v) is 38.2. The number of fused-ring (bicyclic) bond motifs is 10. The quantitative estimate of drug-likeness (QED) is 0.0765. The van der Waals surface area contributed by atoms with Crippen LogP contribution in [0.1, 0.15) is 262 Å². The van der Waals surface area contributed by atoms with Gasteiger partial charge in [0, 0.05) is 68.3 Å². The van der Waals surface area contributed by atoms with Gasteiger partial charge in [0.15, 0.2) is 0 Å². The van der Waals surface area contributed by atoms with Gasteiger partial charge in [0.2, 0.25) is 0 Å². The molecule has 0 amide bonds. The molecule has 10 aliphatic carbocycles. The van der Waals surface area contributed by atoms with Gasteiger partial charge in [-0.05, 0) is 195 Å². The summed E-state index contributed by atoms with van der Waals surface area (Å²) in [6.07, 6.45) is 42.0. The van der Waals surface area contributed by atoms with Gasteiger partial charge >= 0.3 is 11.9 Å². The van der Waals surface area contributed by atoms with Crippen LogP contribution in [-0.2, 0) is 70.8 Å². The Morgan fingerprint density at radius 2 is 0.833 bits per heavy atom. The van der Waals surface area contributed by atoms with Gasteiger partial charge in [-0.1, -0.05) is 182 Å². The topological polar surface area (TPSA) is 275 Å². The normalized spacial score (nSPS) is 36.4. The number of carbonyl (C=O) groups excluding carboxylic acids is 2. The molecule has 0 saturated heterocycles. The minimum atomic E-state index is -1.26. The summed E-state index contributed by atoms with van der Waals surface area (Å²) < 4.78 is 12.4. The molecule has 0 heterocycles. The second kappa shape index (κ2) is 39.3. The zero-order valence-electron chi connectivity index (χ0n) is 61.1. The molecule has 0 radical (unpaired) electrons. The van der Waals surface area contributed by atoms with E-state index in [9.17, 15) is 29.4 Å². The molecule has 10 rings (SSSR count). The number of hydrogen-bond donors (Lipinski definition) is 2. The average molecular weight is 1700 g/mol. The molecule has 0 spiro atoms. The van der Waals surface area contributed by atoms with E-state index in [4.69, 9.17) is 42.6 Å². The Hall–Kier alpha value is -1.58. The third-order valence-corrected chi connectivity index (χ3v) is 27.0. The fourth-order valence-electron chi connectivity index (χ4n) is 21.7. The molecule has 6 N–H and O–H groups in total. The number of ether oxygens (including phenoxy) is 2. The van der Waals surface area contributed by atoms with E-state index in [0.29, 0.717) is 24.0 Å². The van der Waals surface area contributed by atoms with E-state index < -0.39 is 23.9 Å². The molecule has 0 aromatic carbocycles. The summed E-state index contributed by atoms with van der Waals surface area (Å²) in [4.78, 5) is 46.8. The number of nitrogens with zero attached hydrogens (tertiary/aromatic N) is 2. The predicted molar refractivity (Wildman–Crippen MR) is 373 cm³/mol. The Balaban J connectivity index is 0.000000276. The van der Waals surface area contributed by atoms with Crippen LogP contribution in [0.5, 0.6) is 0 Å². The molecule has 0 aromatic rings. The van der Waals surface area contributed by atoms with E-state index in [-0.39, 0.29) is 129 Å². The smallest absolute Gasteiger partial charge is 0.317 e. The Bertz CT molecular complexity index is 2260. The molecule has 13 unspecified atom stereocenters. The Labute approximate surface area is 610 Å². The molecular weight excluding hydrogens is 1570 g/mol. The van der Waals surface area contributed by atoms with Crippen molar-refractivity contribution >= 4 is 23.9 Å². The summed E-state index contributed by atoms with van der Waals surface area (Å²) in [6.45, 7) is 24.7. The maximum absolute atomic E-state index is 11.1. The number of aliphatic carboxylic acids is 4. The van der Waals surface area contributed by atoms with Crippen LogP contribution in [0.25, 0.3) is 22.9 Å². The van der Waals surface area contributed by atoms with Gasteiger partial charge in [0.05, 0.1) is 50.4 Å². The third-order valence-electron chi connectivity index (χ3n) is 27.0. The molecular formula is C78H132N6O10Pt2-6. The molecule has 20 atom stereocenters. The number of carbonyl (C=O) groups is 4. The minimum absolute atomic E-state index is 0. The summed E-state index contributed by atoms with van der Waals surface area (Å²) >= 11 is 0. The summed E-state index contributed by atoms with van der Waals surface area (Å²) in [7, 11) is 0. The van der Waals surface area contributed by atoms with Crippen molar-refractivity contribution in [1.29, 1.82) is 0 Å². The van der Waals surface area contributed by atoms with Crippen LogP contribution in [0, 0.1) is 92.7 Å². The van der Waals surface area contributed by atoms with E-state index in [1.807, 2.05) is 0 Å². The second-order valence-electron chi connectivity index (χ2n) is 34.0. The fraction of sp³-hybridized carbons (Fsp3) is 0.897. The fourth-order valence-corrected chi connectivity index (χ4v) is 21.7. The molecule has 16 nitrogen and oxygen atoms in total. The van der Waals surface area contributed by atoms with Crippen molar-refractivity contribution in [3.8, 4) is 0 Å². The first-order valence-electron chi connectivity index (χ1n) is 38.2. The van der Waals surface area contributed by atoms with Crippen molar-refractivity contribution in [2.24, 2.45) is 92.7 Å². The Morgan fingerprint density at radius 3 is 1.14 bits per heavy atom. The standard InChI is InChI=1S/2C33H55NO5.2C6H12N2.2Pt/c2*1-22(2)7-6-8-23(3)27-11-12-28-26-10-9-24-19-25(39-18-17-34(20-30(35)36)21-31(37)38)13-15-32(24,4)29(26)14-16-33(27,28)5;2*7-5-3-1-2-4-6(5)8;;/h2*9,22-23,25-29H,6-8,10-21H2,1-5H3,(H,35,36)(H,37,38);2*5-8H,1-4H2;;/q;;2*-2;;/p-2/t23-,25+,26?,27-,28?,29?,32+,33-;;5-,6-;;;/m1.1.../s1.